The quantitative estimate of drug-likeness (QED) is 0.795. The minimum Gasteiger partial charge on any atom is -0.497 e. The van der Waals surface area contributed by atoms with Crippen molar-refractivity contribution in [3.8, 4) is 5.75 Å². The van der Waals surface area contributed by atoms with E-state index in [9.17, 15) is 0 Å². The number of rotatable bonds is 4. The Morgan fingerprint density at radius 1 is 1.15 bits per heavy atom. The maximum Gasteiger partial charge on any atom is 0.142 e. The molecule has 0 aliphatic carbocycles. The van der Waals surface area contributed by atoms with Crippen LogP contribution < -0.4 is 4.74 Å². The normalized spacial score (nSPS) is 10.9. The van der Waals surface area contributed by atoms with Crippen LogP contribution in [0.25, 0.3) is 11.0 Å². The number of hydrogen-bond donors (Lipinski definition) is 1. The summed E-state index contributed by atoms with van der Waals surface area (Å²) in [4.78, 5) is 11.8. The first-order chi connectivity index (χ1) is 9.78. The topological polar surface area (TPSA) is 50.8 Å². The zero-order valence-electron chi connectivity index (χ0n) is 11.1. The summed E-state index contributed by atoms with van der Waals surface area (Å²) < 4.78 is 6.18. The van der Waals surface area contributed by atoms with Gasteiger partial charge in [-0.05, 0) is 46.5 Å². The van der Waals surface area contributed by atoms with E-state index >= 15 is 0 Å². The van der Waals surface area contributed by atoms with Crippen molar-refractivity contribution in [3.63, 3.8) is 0 Å². The second-order valence-corrected chi connectivity index (χ2v) is 5.38. The molecule has 0 fully saturated rings. The zero-order valence-corrected chi connectivity index (χ0v) is 12.6. The number of aromatic nitrogens is 3. The maximum atomic E-state index is 5.16. The summed E-state index contributed by atoms with van der Waals surface area (Å²) in [6.07, 6.45) is 5.32. The van der Waals surface area contributed by atoms with Crippen molar-refractivity contribution in [2.75, 3.05) is 7.11 Å². The summed E-state index contributed by atoms with van der Waals surface area (Å²) in [7, 11) is 1.68. The molecule has 0 aliphatic heterocycles. The lowest BCUT2D eigenvalue weighted by molar-refractivity contribution is 0.414. The van der Waals surface area contributed by atoms with E-state index < -0.39 is 0 Å². The molecule has 0 unspecified atom stereocenters. The average Bonchev–Trinajstić information content (AvgIpc) is 2.88. The predicted octanol–water partition coefficient (Wildman–Crippen LogP) is 3.51. The lowest BCUT2D eigenvalue weighted by atomic mass is 10.1. The molecule has 0 atom stereocenters. The molecule has 0 amide bonds. The van der Waals surface area contributed by atoms with E-state index in [0.29, 0.717) is 0 Å². The number of nitrogens with one attached hydrogen (secondary N) is 1. The fourth-order valence-electron chi connectivity index (χ4n) is 2.23. The number of methoxy groups -OCH3 is 1. The summed E-state index contributed by atoms with van der Waals surface area (Å²) in [6, 6.07) is 8.14. The highest BCUT2D eigenvalue weighted by atomic mass is 79.9. The van der Waals surface area contributed by atoms with Crippen LogP contribution in [0.3, 0.4) is 0 Å². The smallest absolute Gasteiger partial charge is 0.142 e. The monoisotopic (exact) mass is 331 g/mol. The third kappa shape index (κ3) is 2.54. The van der Waals surface area contributed by atoms with Crippen LogP contribution in [0.1, 0.15) is 11.3 Å². The Morgan fingerprint density at radius 2 is 1.95 bits per heavy atom. The minimum atomic E-state index is 0.872. The standard InChI is InChI=1S/C15H14BrN3O/c1-20-11-5-2-10(3-6-11)4-7-13-14-12(16)8-17-15(14)19-9-18-13/h2-3,5-6,8-9H,4,7H2,1H3,(H,17,18,19). The average molecular weight is 332 g/mol. The minimum absolute atomic E-state index is 0.872. The number of hydrogen-bond acceptors (Lipinski definition) is 3. The summed E-state index contributed by atoms with van der Waals surface area (Å²) in [5.41, 5.74) is 3.19. The molecular formula is C15H14BrN3O. The number of halogens is 1. The van der Waals surface area contributed by atoms with Gasteiger partial charge in [0.2, 0.25) is 0 Å². The van der Waals surface area contributed by atoms with Crippen molar-refractivity contribution in [3.05, 3.63) is 52.5 Å². The molecule has 4 nitrogen and oxygen atoms in total. The molecule has 102 valence electrons. The number of nitrogens with zero attached hydrogens (tertiary/aromatic N) is 2. The van der Waals surface area contributed by atoms with Crippen molar-refractivity contribution in [1.82, 2.24) is 15.0 Å². The maximum absolute atomic E-state index is 5.16. The third-order valence-electron chi connectivity index (χ3n) is 3.31. The fourth-order valence-corrected chi connectivity index (χ4v) is 2.76. The van der Waals surface area contributed by atoms with Gasteiger partial charge in [0.15, 0.2) is 0 Å². The van der Waals surface area contributed by atoms with Crippen LogP contribution in [-0.2, 0) is 12.8 Å². The number of H-pyrrole nitrogens is 1. The van der Waals surface area contributed by atoms with Crippen LogP contribution in [0.2, 0.25) is 0 Å². The molecular weight excluding hydrogens is 318 g/mol. The fraction of sp³-hybridized carbons (Fsp3) is 0.200. The molecule has 0 saturated heterocycles. The highest BCUT2D eigenvalue weighted by Gasteiger charge is 2.09. The SMILES string of the molecule is COc1ccc(CCc2ncnc3[nH]cc(Br)c23)cc1. The molecule has 0 bridgehead atoms. The van der Waals surface area contributed by atoms with E-state index in [1.807, 2.05) is 18.3 Å². The van der Waals surface area contributed by atoms with Gasteiger partial charge in [-0.1, -0.05) is 12.1 Å². The van der Waals surface area contributed by atoms with Gasteiger partial charge in [-0.2, -0.15) is 0 Å². The van der Waals surface area contributed by atoms with Gasteiger partial charge in [0.25, 0.3) is 0 Å². The van der Waals surface area contributed by atoms with E-state index in [1.54, 1.807) is 13.4 Å². The van der Waals surface area contributed by atoms with E-state index in [4.69, 9.17) is 4.74 Å². The van der Waals surface area contributed by atoms with E-state index in [1.165, 1.54) is 5.56 Å². The first kappa shape index (κ1) is 13.1. The second-order valence-electron chi connectivity index (χ2n) is 4.53. The van der Waals surface area contributed by atoms with Gasteiger partial charge < -0.3 is 9.72 Å². The molecule has 0 saturated carbocycles. The predicted molar refractivity (Wildman–Crippen MR) is 82.0 cm³/mol. The van der Waals surface area contributed by atoms with Crippen molar-refractivity contribution in [1.29, 1.82) is 0 Å². The molecule has 0 aliphatic rings. The Labute approximate surface area is 125 Å². The summed E-state index contributed by atoms with van der Waals surface area (Å²) in [6.45, 7) is 0. The highest BCUT2D eigenvalue weighted by Crippen LogP contribution is 2.25. The molecule has 1 aromatic carbocycles. The molecule has 5 heteroatoms. The molecule has 2 aromatic heterocycles. The summed E-state index contributed by atoms with van der Waals surface area (Å²) in [5.74, 6) is 0.881. The Hall–Kier alpha value is -1.88. The number of benzene rings is 1. The zero-order chi connectivity index (χ0) is 13.9. The van der Waals surface area contributed by atoms with Gasteiger partial charge in [0.05, 0.1) is 18.2 Å². The van der Waals surface area contributed by atoms with Crippen molar-refractivity contribution in [2.45, 2.75) is 12.8 Å². The van der Waals surface area contributed by atoms with Gasteiger partial charge in [-0.15, -0.1) is 0 Å². The van der Waals surface area contributed by atoms with Crippen LogP contribution in [0.4, 0.5) is 0 Å². The molecule has 2 heterocycles. The van der Waals surface area contributed by atoms with Crippen LogP contribution in [0.5, 0.6) is 5.75 Å². The van der Waals surface area contributed by atoms with Gasteiger partial charge in [-0.3, -0.25) is 0 Å². The van der Waals surface area contributed by atoms with Gasteiger partial charge in [0, 0.05) is 10.7 Å². The Kier molecular flexibility index (Phi) is 3.69. The van der Waals surface area contributed by atoms with E-state index in [2.05, 4.69) is 43.0 Å². The Morgan fingerprint density at radius 3 is 2.70 bits per heavy atom. The van der Waals surface area contributed by atoms with Crippen LogP contribution in [-0.4, -0.2) is 22.1 Å². The lowest BCUT2D eigenvalue weighted by Crippen LogP contribution is -1.96. The number of aryl methyl sites for hydroxylation is 2. The van der Waals surface area contributed by atoms with E-state index in [-0.39, 0.29) is 0 Å². The number of ether oxygens (including phenoxy) is 1. The van der Waals surface area contributed by atoms with Crippen molar-refractivity contribution >= 4 is 27.0 Å². The highest BCUT2D eigenvalue weighted by molar-refractivity contribution is 9.10. The van der Waals surface area contributed by atoms with Crippen molar-refractivity contribution in [2.24, 2.45) is 0 Å². The molecule has 1 N–H and O–H groups in total. The summed E-state index contributed by atoms with van der Waals surface area (Å²) >= 11 is 3.54. The molecule has 3 aromatic rings. The number of fused-ring (bicyclic) bond motifs is 1. The molecule has 20 heavy (non-hydrogen) atoms. The van der Waals surface area contributed by atoms with Crippen molar-refractivity contribution < 1.29 is 4.74 Å². The Balaban J connectivity index is 1.81. The van der Waals surface area contributed by atoms with Gasteiger partial charge in [-0.25, -0.2) is 9.97 Å². The summed E-state index contributed by atoms with van der Waals surface area (Å²) in [5, 5.41) is 1.07. The van der Waals surface area contributed by atoms with E-state index in [0.717, 1.165) is 39.8 Å². The van der Waals surface area contributed by atoms with Crippen LogP contribution in [0, 0.1) is 0 Å². The van der Waals surface area contributed by atoms with Gasteiger partial charge >= 0.3 is 0 Å². The second kappa shape index (κ2) is 5.63. The molecule has 3 rings (SSSR count). The molecule has 0 spiro atoms. The third-order valence-corrected chi connectivity index (χ3v) is 3.94. The lowest BCUT2D eigenvalue weighted by Gasteiger charge is -2.04. The number of aromatic amines is 1. The Bertz CT molecular complexity index is 722. The van der Waals surface area contributed by atoms with Crippen LogP contribution in [0.15, 0.2) is 41.3 Å². The first-order valence-corrected chi connectivity index (χ1v) is 7.16. The first-order valence-electron chi connectivity index (χ1n) is 6.37. The van der Waals surface area contributed by atoms with Gasteiger partial charge in [0.1, 0.15) is 17.7 Å². The largest absolute Gasteiger partial charge is 0.497 e. The van der Waals surface area contributed by atoms with Crippen LogP contribution >= 0.6 is 15.9 Å². The molecule has 0 radical (unpaired) electrons.